The number of anilines is 1. The predicted octanol–water partition coefficient (Wildman–Crippen LogP) is 2.52. The SMILES string of the molecule is Nc1c(OC(F)(F)F)ccc(Cl)c1C(=O)O. The van der Waals surface area contributed by atoms with Gasteiger partial charge in [-0.15, -0.1) is 13.2 Å². The summed E-state index contributed by atoms with van der Waals surface area (Å²) in [5.74, 6) is -2.33. The Morgan fingerprint density at radius 2 is 2.00 bits per heavy atom. The lowest BCUT2D eigenvalue weighted by atomic mass is 10.1. The standard InChI is InChI=1S/C8H5ClF3NO3/c9-3-1-2-4(16-8(10,11)12)6(13)5(3)7(14)15/h1-2H,13H2,(H,14,15). The van der Waals surface area contributed by atoms with Crippen LogP contribution in [-0.4, -0.2) is 17.4 Å². The zero-order valence-electron chi connectivity index (χ0n) is 7.51. The molecule has 0 aliphatic carbocycles. The molecule has 8 heteroatoms. The average molecular weight is 256 g/mol. The number of nitrogens with two attached hydrogens (primary N) is 1. The highest BCUT2D eigenvalue weighted by Crippen LogP contribution is 2.34. The summed E-state index contributed by atoms with van der Waals surface area (Å²) in [6, 6.07) is 1.81. The van der Waals surface area contributed by atoms with E-state index in [0.717, 1.165) is 12.1 Å². The van der Waals surface area contributed by atoms with E-state index in [1.54, 1.807) is 0 Å². The zero-order chi connectivity index (χ0) is 12.5. The van der Waals surface area contributed by atoms with Gasteiger partial charge in [0.15, 0.2) is 5.75 Å². The first-order valence-electron chi connectivity index (χ1n) is 3.79. The van der Waals surface area contributed by atoms with Crippen LogP contribution in [0.5, 0.6) is 5.75 Å². The number of aromatic carboxylic acids is 1. The van der Waals surface area contributed by atoms with Crippen molar-refractivity contribution in [1.82, 2.24) is 0 Å². The zero-order valence-corrected chi connectivity index (χ0v) is 8.26. The van der Waals surface area contributed by atoms with Crippen molar-refractivity contribution in [3.8, 4) is 5.75 Å². The summed E-state index contributed by atoms with van der Waals surface area (Å²) in [6.45, 7) is 0. The van der Waals surface area contributed by atoms with Crippen LogP contribution in [0.3, 0.4) is 0 Å². The fourth-order valence-corrected chi connectivity index (χ4v) is 1.25. The molecule has 0 radical (unpaired) electrons. The number of hydrogen-bond acceptors (Lipinski definition) is 3. The Hall–Kier alpha value is -1.63. The molecule has 0 saturated carbocycles. The first-order chi connectivity index (χ1) is 7.22. The van der Waals surface area contributed by atoms with Crippen molar-refractivity contribution >= 4 is 23.3 Å². The molecule has 0 aliphatic rings. The third-order valence-corrected chi connectivity index (χ3v) is 1.91. The minimum atomic E-state index is -4.95. The maximum Gasteiger partial charge on any atom is 0.573 e. The summed E-state index contributed by atoms with van der Waals surface area (Å²) < 4.78 is 39.2. The molecular weight excluding hydrogens is 251 g/mol. The van der Waals surface area contributed by atoms with Gasteiger partial charge in [-0.1, -0.05) is 11.6 Å². The molecule has 0 bridgehead atoms. The highest BCUT2D eigenvalue weighted by Gasteiger charge is 2.33. The number of halogens is 4. The van der Waals surface area contributed by atoms with E-state index < -0.39 is 29.3 Å². The van der Waals surface area contributed by atoms with Crippen molar-refractivity contribution in [1.29, 1.82) is 0 Å². The Morgan fingerprint density at radius 3 is 2.44 bits per heavy atom. The summed E-state index contributed by atoms with van der Waals surface area (Å²) in [7, 11) is 0. The number of carboxylic acids is 1. The molecule has 0 amide bonds. The van der Waals surface area contributed by atoms with Gasteiger partial charge in [0.1, 0.15) is 5.56 Å². The maximum absolute atomic E-state index is 11.9. The molecule has 1 aromatic rings. The molecule has 0 fully saturated rings. The molecule has 1 aromatic carbocycles. The normalized spacial score (nSPS) is 11.2. The molecule has 88 valence electrons. The number of benzene rings is 1. The summed E-state index contributed by atoms with van der Waals surface area (Å²) >= 11 is 5.47. The second kappa shape index (κ2) is 4.09. The number of alkyl halides is 3. The first-order valence-corrected chi connectivity index (χ1v) is 4.17. The van der Waals surface area contributed by atoms with Gasteiger partial charge in [0, 0.05) is 0 Å². The monoisotopic (exact) mass is 255 g/mol. The molecule has 0 saturated heterocycles. The number of nitrogen functional groups attached to an aromatic ring is 1. The molecule has 0 spiro atoms. The van der Waals surface area contributed by atoms with Gasteiger partial charge in [0.2, 0.25) is 0 Å². The second-order valence-corrected chi connectivity index (χ2v) is 3.09. The Labute approximate surface area is 92.4 Å². The van der Waals surface area contributed by atoms with Crippen molar-refractivity contribution in [2.24, 2.45) is 0 Å². The second-order valence-electron chi connectivity index (χ2n) is 2.69. The Balaban J connectivity index is 3.24. The third-order valence-electron chi connectivity index (χ3n) is 1.59. The highest BCUT2D eigenvalue weighted by atomic mass is 35.5. The van der Waals surface area contributed by atoms with Crippen molar-refractivity contribution in [2.75, 3.05) is 5.73 Å². The van der Waals surface area contributed by atoms with Crippen LogP contribution < -0.4 is 10.5 Å². The number of ether oxygens (including phenoxy) is 1. The van der Waals surface area contributed by atoms with Crippen LogP contribution in [0.4, 0.5) is 18.9 Å². The molecule has 0 unspecified atom stereocenters. The summed E-state index contributed by atoms with van der Waals surface area (Å²) in [5, 5.41) is 8.40. The van der Waals surface area contributed by atoms with E-state index in [4.69, 9.17) is 22.4 Å². The van der Waals surface area contributed by atoms with Crippen LogP contribution in [0.2, 0.25) is 5.02 Å². The first kappa shape index (κ1) is 12.4. The average Bonchev–Trinajstić information content (AvgIpc) is 2.07. The molecule has 0 atom stereocenters. The van der Waals surface area contributed by atoms with Gasteiger partial charge in [-0.25, -0.2) is 4.79 Å². The summed E-state index contributed by atoms with van der Waals surface area (Å²) in [6.07, 6.45) is -4.95. The lowest BCUT2D eigenvalue weighted by molar-refractivity contribution is -0.274. The van der Waals surface area contributed by atoms with Gasteiger partial charge >= 0.3 is 12.3 Å². The largest absolute Gasteiger partial charge is 0.573 e. The van der Waals surface area contributed by atoms with E-state index in [9.17, 15) is 18.0 Å². The lowest BCUT2D eigenvalue weighted by Gasteiger charge is -2.13. The van der Waals surface area contributed by atoms with Crippen molar-refractivity contribution in [2.45, 2.75) is 6.36 Å². The van der Waals surface area contributed by atoms with E-state index >= 15 is 0 Å². The Morgan fingerprint density at radius 1 is 1.44 bits per heavy atom. The van der Waals surface area contributed by atoms with E-state index in [1.165, 1.54) is 0 Å². The lowest BCUT2D eigenvalue weighted by Crippen LogP contribution is -2.19. The van der Waals surface area contributed by atoms with Gasteiger partial charge in [-0.2, -0.15) is 0 Å². The third kappa shape index (κ3) is 2.69. The minimum absolute atomic E-state index is 0.264. The fraction of sp³-hybridized carbons (Fsp3) is 0.125. The topological polar surface area (TPSA) is 72.5 Å². The fourth-order valence-electron chi connectivity index (χ4n) is 1.00. The van der Waals surface area contributed by atoms with Crippen molar-refractivity contribution in [3.05, 3.63) is 22.7 Å². The van der Waals surface area contributed by atoms with E-state index in [-0.39, 0.29) is 5.02 Å². The summed E-state index contributed by atoms with van der Waals surface area (Å²) in [4.78, 5) is 10.7. The molecule has 4 nitrogen and oxygen atoms in total. The smallest absolute Gasteiger partial charge is 0.478 e. The minimum Gasteiger partial charge on any atom is -0.478 e. The molecule has 0 heterocycles. The Kier molecular flexibility index (Phi) is 3.18. The highest BCUT2D eigenvalue weighted by molar-refractivity contribution is 6.34. The van der Waals surface area contributed by atoms with Crippen LogP contribution in [0, 0.1) is 0 Å². The van der Waals surface area contributed by atoms with Crippen LogP contribution in [-0.2, 0) is 0 Å². The maximum atomic E-state index is 11.9. The van der Waals surface area contributed by atoms with Crippen LogP contribution >= 0.6 is 11.6 Å². The van der Waals surface area contributed by atoms with Crippen LogP contribution in [0.1, 0.15) is 10.4 Å². The predicted molar refractivity (Wildman–Crippen MR) is 49.5 cm³/mol. The molecule has 3 N–H and O–H groups in total. The van der Waals surface area contributed by atoms with E-state index in [1.807, 2.05) is 0 Å². The number of carbonyl (C=O) groups is 1. The van der Waals surface area contributed by atoms with Gasteiger partial charge in [-0.3, -0.25) is 0 Å². The Bertz CT molecular complexity index is 433. The van der Waals surface area contributed by atoms with E-state index in [2.05, 4.69) is 4.74 Å². The van der Waals surface area contributed by atoms with Gasteiger partial charge in [-0.05, 0) is 12.1 Å². The molecular formula is C8H5ClF3NO3. The van der Waals surface area contributed by atoms with Crippen LogP contribution in [0.15, 0.2) is 12.1 Å². The molecule has 16 heavy (non-hydrogen) atoms. The van der Waals surface area contributed by atoms with Gasteiger partial charge in [0.05, 0.1) is 10.7 Å². The van der Waals surface area contributed by atoms with Crippen LogP contribution in [0.25, 0.3) is 0 Å². The number of carboxylic acid groups (broad SMARTS) is 1. The van der Waals surface area contributed by atoms with Gasteiger partial charge in [0.25, 0.3) is 0 Å². The van der Waals surface area contributed by atoms with Crippen molar-refractivity contribution in [3.63, 3.8) is 0 Å². The quantitative estimate of drug-likeness (QED) is 0.797. The number of hydrogen-bond donors (Lipinski definition) is 2. The van der Waals surface area contributed by atoms with E-state index in [0.29, 0.717) is 0 Å². The molecule has 1 rings (SSSR count). The summed E-state index contributed by atoms with van der Waals surface area (Å²) in [5.41, 5.74) is 3.91. The van der Waals surface area contributed by atoms with Crippen molar-refractivity contribution < 1.29 is 27.8 Å². The number of rotatable bonds is 2. The molecule has 0 aliphatic heterocycles. The van der Waals surface area contributed by atoms with Gasteiger partial charge < -0.3 is 15.6 Å². The molecule has 0 aromatic heterocycles.